The van der Waals surface area contributed by atoms with Crippen molar-refractivity contribution in [2.24, 2.45) is 0 Å². The first kappa shape index (κ1) is 14.4. The molecule has 1 aromatic carbocycles. The van der Waals surface area contributed by atoms with Crippen molar-refractivity contribution in [1.29, 1.82) is 0 Å². The molecule has 0 saturated carbocycles. The van der Waals surface area contributed by atoms with Crippen LogP contribution >= 0.6 is 0 Å². The Hall–Kier alpha value is -1.97. The van der Waals surface area contributed by atoms with Crippen LogP contribution in [-0.2, 0) is 4.74 Å². The summed E-state index contributed by atoms with van der Waals surface area (Å²) in [4.78, 5) is 15.1. The Labute approximate surface area is 119 Å². The number of ether oxygens (including phenoxy) is 1. The Morgan fingerprint density at radius 2 is 2.05 bits per heavy atom. The quantitative estimate of drug-likeness (QED) is 0.457. The Morgan fingerprint density at radius 3 is 2.85 bits per heavy atom. The van der Waals surface area contributed by atoms with Gasteiger partial charge in [-0.15, -0.1) is 0 Å². The van der Waals surface area contributed by atoms with Crippen molar-refractivity contribution in [2.45, 2.75) is 39.0 Å². The number of hydrogen-bond acceptors (Lipinski definition) is 3. The molecule has 4 nitrogen and oxygen atoms in total. The van der Waals surface area contributed by atoms with E-state index < -0.39 is 0 Å². The number of aromatic amines is 1. The first-order valence-corrected chi connectivity index (χ1v) is 7.26. The number of carbonyl (C=O) groups is 1. The molecule has 0 fully saturated rings. The van der Waals surface area contributed by atoms with Crippen molar-refractivity contribution in [3.63, 3.8) is 0 Å². The molecule has 2 aromatic rings. The average Bonchev–Trinajstić information content (AvgIpc) is 2.85. The van der Waals surface area contributed by atoms with E-state index in [1.54, 1.807) is 12.3 Å². The number of fused-ring (bicyclic) bond motifs is 1. The third-order valence-corrected chi connectivity index (χ3v) is 3.41. The van der Waals surface area contributed by atoms with E-state index in [9.17, 15) is 4.79 Å². The third-order valence-electron chi connectivity index (χ3n) is 3.41. The molecule has 0 aliphatic carbocycles. The van der Waals surface area contributed by atoms with Gasteiger partial charge in [0, 0.05) is 22.8 Å². The zero-order chi connectivity index (χ0) is 14.4. The largest absolute Gasteiger partial charge is 0.462 e. The van der Waals surface area contributed by atoms with E-state index in [-0.39, 0.29) is 5.97 Å². The van der Waals surface area contributed by atoms with E-state index in [1.807, 2.05) is 12.1 Å². The van der Waals surface area contributed by atoms with Gasteiger partial charge in [-0.1, -0.05) is 32.6 Å². The number of H-pyrrole nitrogens is 1. The number of hydrogen-bond donors (Lipinski definition) is 2. The predicted molar refractivity (Wildman–Crippen MR) is 81.8 cm³/mol. The monoisotopic (exact) mass is 274 g/mol. The summed E-state index contributed by atoms with van der Waals surface area (Å²) in [6, 6.07) is 5.45. The summed E-state index contributed by atoms with van der Waals surface area (Å²) in [5, 5.41) is 0.857. The Bertz CT molecular complexity index is 575. The predicted octanol–water partition coefficient (Wildman–Crippen LogP) is 3.88. The molecule has 108 valence electrons. The second-order valence-corrected chi connectivity index (χ2v) is 5.06. The molecule has 20 heavy (non-hydrogen) atoms. The lowest BCUT2D eigenvalue weighted by Gasteiger charge is -2.04. The molecule has 0 aliphatic rings. The molecular formula is C16H22N2O2. The number of benzene rings is 1. The molecule has 1 heterocycles. The first-order chi connectivity index (χ1) is 9.72. The fourth-order valence-electron chi connectivity index (χ4n) is 2.26. The van der Waals surface area contributed by atoms with Crippen molar-refractivity contribution < 1.29 is 9.53 Å². The van der Waals surface area contributed by atoms with Gasteiger partial charge in [0.15, 0.2) is 0 Å². The SMILES string of the molecule is CCCCCCCOC(=O)c1c[nH]c2cc(N)ccc12. The molecule has 0 saturated heterocycles. The fraction of sp³-hybridized carbons (Fsp3) is 0.438. The van der Waals surface area contributed by atoms with E-state index >= 15 is 0 Å². The van der Waals surface area contributed by atoms with Gasteiger partial charge in [-0.25, -0.2) is 4.79 Å². The second kappa shape index (κ2) is 6.98. The molecule has 1 aromatic heterocycles. The van der Waals surface area contributed by atoms with Gasteiger partial charge in [0.1, 0.15) is 0 Å². The number of nitrogen functional groups attached to an aromatic ring is 1. The first-order valence-electron chi connectivity index (χ1n) is 7.26. The van der Waals surface area contributed by atoms with Crippen LogP contribution in [0.1, 0.15) is 49.4 Å². The lowest BCUT2D eigenvalue weighted by atomic mass is 10.1. The van der Waals surface area contributed by atoms with Crippen LogP contribution in [0.2, 0.25) is 0 Å². The summed E-state index contributed by atoms with van der Waals surface area (Å²) in [5.74, 6) is -0.267. The van der Waals surface area contributed by atoms with E-state index in [0.29, 0.717) is 17.9 Å². The lowest BCUT2D eigenvalue weighted by Crippen LogP contribution is -2.05. The van der Waals surface area contributed by atoms with Gasteiger partial charge in [-0.2, -0.15) is 0 Å². The highest BCUT2D eigenvalue weighted by atomic mass is 16.5. The third kappa shape index (κ3) is 3.53. The Morgan fingerprint density at radius 1 is 1.25 bits per heavy atom. The second-order valence-electron chi connectivity index (χ2n) is 5.06. The van der Waals surface area contributed by atoms with Gasteiger partial charge < -0.3 is 15.5 Å². The zero-order valence-electron chi connectivity index (χ0n) is 11.9. The molecule has 3 N–H and O–H groups in total. The highest BCUT2D eigenvalue weighted by molar-refractivity contribution is 6.04. The molecule has 0 radical (unpaired) electrons. The van der Waals surface area contributed by atoms with Crippen molar-refractivity contribution in [3.8, 4) is 0 Å². The van der Waals surface area contributed by atoms with E-state index in [0.717, 1.165) is 23.7 Å². The molecule has 0 atom stereocenters. The van der Waals surface area contributed by atoms with Gasteiger partial charge in [-0.3, -0.25) is 0 Å². The maximum atomic E-state index is 12.0. The molecule has 0 bridgehead atoms. The van der Waals surface area contributed by atoms with Crippen LogP contribution in [0.3, 0.4) is 0 Å². The summed E-state index contributed by atoms with van der Waals surface area (Å²) in [7, 11) is 0. The summed E-state index contributed by atoms with van der Waals surface area (Å²) < 4.78 is 5.31. The minimum atomic E-state index is -0.267. The maximum Gasteiger partial charge on any atom is 0.340 e. The summed E-state index contributed by atoms with van der Waals surface area (Å²) in [6.07, 6.45) is 7.41. The molecule has 0 amide bonds. The van der Waals surface area contributed by atoms with Crippen LogP contribution in [-0.4, -0.2) is 17.6 Å². The average molecular weight is 274 g/mol. The number of rotatable bonds is 7. The van der Waals surface area contributed by atoms with Crippen molar-refractivity contribution in [1.82, 2.24) is 4.98 Å². The van der Waals surface area contributed by atoms with Crippen molar-refractivity contribution in [3.05, 3.63) is 30.0 Å². The van der Waals surface area contributed by atoms with E-state index in [4.69, 9.17) is 10.5 Å². The highest BCUT2D eigenvalue weighted by Crippen LogP contribution is 2.21. The van der Waals surface area contributed by atoms with Crippen LogP contribution in [0.25, 0.3) is 10.9 Å². The number of anilines is 1. The Kier molecular flexibility index (Phi) is 5.04. The number of carbonyl (C=O) groups excluding carboxylic acids is 1. The van der Waals surface area contributed by atoms with Crippen LogP contribution in [0.4, 0.5) is 5.69 Å². The molecule has 0 aliphatic heterocycles. The molecule has 0 unspecified atom stereocenters. The summed E-state index contributed by atoms with van der Waals surface area (Å²) >= 11 is 0. The van der Waals surface area contributed by atoms with Crippen LogP contribution < -0.4 is 5.73 Å². The van der Waals surface area contributed by atoms with Gasteiger partial charge in [0.05, 0.1) is 12.2 Å². The van der Waals surface area contributed by atoms with Crippen LogP contribution in [0.5, 0.6) is 0 Å². The number of unbranched alkanes of at least 4 members (excludes halogenated alkanes) is 4. The molecular weight excluding hydrogens is 252 g/mol. The van der Waals surface area contributed by atoms with Crippen LogP contribution in [0.15, 0.2) is 24.4 Å². The topological polar surface area (TPSA) is 68.1 Å². The minimum absolute atomic E-state index is 0.267. The Balaban J connectivity index is 1.88. The number of esters is 1. The van der Waals surface area contributed by atoms with Gasteiger partial charge in [0.25, 0.3) is 0 Å². The maximum absolute atomic E-state index is 12.0. The van der Waals surface area contributed by atoms with E-state index in [1.165, 1.54) is 19.3 Å². The number of nitrogens with two attached hydrogens (primary N) is 1. The van der Waals surface area contributed by atoms with E-state index in [2.05, 4.69) is 11.9 Å². The van der Waals surface area contributed by atoms with Crippen molar-refractivity contribution in [2.75, 3.05) is 12.3 Å². The fourth-order valence-corrected chi connectivity index (χ4v) is 2.26. The normalized spacial score (nSPS) is 10.8. The van der Waals surface area contributed by atoms with Gasteiger partial charge >= 0.3 is 5.97 Å². The standard InChI is InChI=1S/C16H22N2O2/c1-2-3-4-5-6-9-20-16(19)14-11-18-15-10-12(17)7-8-13(14)15/h7-8,10-11,18H,2-6,9,17H2,1H3. The van der Waals surface area contributed by atoms with Crippen molar-refractivity contribution >= 4 is 22.6 Å². The molecule has 0 spiro atoms. The van der Waals surface area contributed by atoms with Crippen LogP contribution in [0, 0.1) is 0 Å². The minimum Gasteiger partial charge on any atom is -0.462 e. The van der Waals surface area contributed by atoms with Gasteiger partial charge in [0.2, 0.25) is 0 Å². The zero-order valence-corrected chi connectivity index (χ0v) is 11.9. The molecule has 2 rings (SSSR count). The highest BCUT2D eigenvalue weighted by Gasteiger charge is 2.13. The lowest BCUT2D eigenvalue weighted by molar-refractivity contribution is 0.0500. The number of nitrogens with one attached hydrogen (secondary N) is 1. The smallest absolute Gasteiger partial charge is 0.340 e. The summed E-state index contributed by atoms with van der Waals surface area (Å²) in [6.45, 7) is 2.67. The molecule has 4 heteroatoms. The number of aromatic nitrogens is 1. The summed E-state index contributed by atoms with van der Waals surface area (Å²) in [5.41, 5.74) is 7.83. The van der Waals surface area contributed by atoms with Gasteiger partial charge in [-0.05, 0) is 24.6 Å².